The van der Waals surface area contributed by atoms with Crippen LogP contribution in [0.4, 0.5) is 0 Å². The number of aromatic nitrogens is 1. The van der Waals surface area contributed by atoms with Crippen molar-refractivity contribution in [2.75, 3.05) is 13.1 Å². The Hall–Kier alpha value is -0.970. The lowest BCUT2D eigenvalue weighted by atomic mass is 10.2. The number of likely N-dealkylation sites (tertiary alicyclic amines) is 1. The van der Waals surface area contributed by atoms with Gasteiger partial charge in [0, 0.05) is 25.8 Å². The Balaban J connectivity index is 2.01. The molecule has 2 rings (SSSR count). The van der Waals surface area contributed by atoms with E-state index in [-0.39, 0.29) is 0 Å². The highest BCUT2D eigenvalue weighted by Gasteiger charge is 2.29. The maximum atomic E-state index is 9.40. The molecule has 1 aliphatic heterocycles. The van der Waals surface area contributed by atoms with Gasteiger partial charge in [-0.1, -0.05) is 6.07 Å². The van der Waals surface area contributed by atoms with E-state index >= 15 is 0 Å². The molecule has 0 aliphatic carbocycles. The maximum absolute atomic E-state index is 9.40. The number of rotatable bonds is 2. The van der Waals surface area contributed by atoms with Gasteiger partial charge >= 0.3 is 0 Å². The summed E-state index contributed by atoms with van der Waals surface area (Å²) in [5, 5.41) is 18.8. The van der Waals surface area contributed by atoms with Crippen LogP contribution < -0.4 is 0 Å². The zero-order chi connectivity index (χ0) is 10.8. The minimum Gasteiger partial charge on any atom is -0.389 e. The van der Waals surface area contributed by atoms with Gasteiger partial charge in [-0.2, -0.15) is 0 Å². The highest BCUT2D eigenvalue weighted by Crippen LogP contribution is 2.14. The topological polar surface area (TPSA) is 56.6 Å². The third kappa shape index (κ3) is 2.34. The molecule has 1 fully saturated rings. The highest BCUT2D eigenvalue weighted by atomic mass is 16.3. The average Bonchev–Trinajstić information content (AvgIpc) is 2.50. The van der Waals surface area contributed by atoms with Gasteiger partial charge in [-0.15, -0.1) is 0 Å². The van der Waals surface area contributed by atoms with Gasteiger partial charge in [-0.3, -0.25) is 9.88 Å². The van der Waals surface area contributed by atoms with Crippen molar-refractivity contribution < 1.29 is 10.2 Å². The van der Waals surface area contributed by atoms with Gasteiger partial charge in [0.1, 0.15) is 0 Å². The summed E-state index contributed by atoms with van der Waals surface area (Å²) < 4.78 is 0. The van der Waals surface area contributed by atoms with Gasteiger partial charge in [-0.05, 0) is 18.6 Å². The first-order valence-electron chi connectivity index (χ1n) is 5.16. The van der Waals surface area contributed by atoms with Crippen LogP contribution in [0.25, 0.3) is 0 Å². The van der Waals surface area contributed by atoms with Crippen LogP contribution in [0.5, 0.6) is 0 Å². The zero-order valence-corrected chi connectivity index (χ0v) is 8.80. The fourth-order valence-electron chi connectivity index (χ4n) is 1.87. The minimum atomic E-state index is -0.617. The SMILES string of the molecule is Cc1cccnc1CN1CC(O)C(O)C1. The standard InChI is InChI=1S/C11H16N2O2/c1-8-3-2-4-12-9(8)5-13-6-10(14)11(15)7-13/h2-4,10-11,14-15H,5-7H2,1H3. The van der Waals surface area contributed by atoms with E-state index in [0.29, 0.717) is 19.6 Å². The fraction of sp³-hybridized carbons (Fsp3) is 0.545. The number of hydrogen-bond acceptors (Lipinski definition) is 4. The molecule has 0 radical (unpaired) electrons. The van der Waals surface area contributed by atoms with Gasteiger partial charge in [0.05, 0.1) is 17.9 Å². The molecule has 0 saturated carbocycles. The maximum Gasteiger partial charge on any atom is 0.0938 e. The molecule has 2 heterocycles. The molecule has 1 aromatic rings. The Morgan fingerprint density at radius 3 is 2.67 bits per heavy atom. The molecule has 0 amide bonds. The minimum absolute atomic E-state index is 0.525. The Bertz CT molecular complexity index is 333. The normalized spacial score (nSPS) is 27.1. The molecule has 4 nitrogen and oxygen atoms in total. The van der Waals surface area contributed by atoms with Crippen LogP contribution in [-0.4, -0.2) is 45.4 Å². The van der Waals surface area contributed by atoms with Crippen LogP contribution in [0, 0.1) is 6.92 Å². The summed E-state index contributed by atoms with van der Waals surface area (Å²) in [6.07, 6.45) is 0.536. The molecule has 0 spiro atoms. The van der Waals surface area contributed by atoms with E-state index in [1.165, 1.54) is 0 Å². The number of β-amino-alcohol motifs (C(OH)–C–C–N with tert-alkyl or cyclic N) is 2. The number of pyridine rings is 1. The van der Waals surface area contributed by atoms with E-state index in [1.54, 1.807) is 6.20 Å². The second-order valence-corrected chi connectivity index (χ2v) is 4.10. The van der Waals surface area contributed by atoms with E-state index in [2.05, 4.69) is 4.98 Å². The van der Waals surface area contributed by atoms with Crippen molar-refractivity contribution in [2.45, 2.75) is 25.7 Å². The summed E-state index contributed by atoms with van der Waals surface area (Å²) in [5.41, 5.74) is 2.16. The molecule has 2 N–H and O–H groups in total. The van der Waals surface area contributed by atoms with E-state index < -0.39 is 12.2 Å². The molecule has 2 unspecified atom stereocenters. The summed E-state index contributed by atoms with van der Waals surface area (Å²) in [6, 6.07) is 3.93. The highest BCUT2D eigenvalue weighted by molar-refractivity contribution is 5.17. The molecule has 1 saturated heterocycles. The first-order valence-corrected chi connectivity index (χ1v) is 5.16. The lowest BCUT2D eigenvalue weighted by Gasteiger charge is -2.15. The number of hydrogen-bond donors (Lipinski definition) is 2. The largest absolute Gasteiger partial charge is 0.389 e. The lowest BCUT2D eigenvalue weighted by molar-refractivity contribution is 0.0572. The van der Waals surface area contributed by atoms with Crippen LogP contribution >= 0.6 is 0 Å². The van der Waals surface area contributed by atoms with Crippen molar-refractivity contribution in [1.29, 1.82) is 0 Å². The molecule has 4 heteroatoms. The Morgan fingerprint density at radius 2 is 2.07 bits per heavy atom. The summed E-state index contributed by atoms with van der Waals surface area (Å²) in [5.74, 6) is 0. The van der Waals surface area contributed by atoms with Gasteiger partial charge in [0.25, 0.3) is 0 Å². The Morgan fingerprint density at radius 1 is 1.40 bits per heavy atom. The number of aryl methyl sites for hydroxylation is 1. The number of aliphatic hydroxyl groups excluding tert-OH is 2. The van der Waals surface area contributed by atoms with Crippen molar-refractivity contribution in [3.63, 3.8) is 0 Å². The molecule has 15 heavy (non-hydrogen) atoms. The summed E-state index contributed by atoms with van der Waals surface area (Å²) in [4.78, 5) is 6.31. The van der Waals surface area contributed by atoms with Crippen LogP contribution in [0.2, 0.25) is 0 Å². The Kier molecular flexibility index (Phi) is 3.00. The molecule has 0 bridgehead atoms. The quantitative estimate of drug-likeness (QED) is 0.714. The summed E-state index contributed by atoms with van der Waals surface area (Å²) in [6.45, 7) is 3.76. The third-order valence-electron chi connectivity index (χ3n) is 2.83. The van der Waals surface area contributed by atoms with E-state index in [4.69, 9.17) is 0 Å². The van der Waals surface area contributed by atoms with E-state index in [0.717, 1.165) is 11.3 Å². The van der Waals surface area contributed by atoms with E-state index in [1.807, 2.05) is 24.0 Å². The van der Waals surface area contributed by atoms with Gasteiger partial charge in [0.2, 0.25) is 0 Å². The molecule has 0 aromatic carbocycles. The molecular formula is C11H16N2O2. The van der Waals surface area contributed by atoms with E-state index in [9.17, 15) is 10.2 Å². The second kappa shape index (κ2) is 4.26. The predicted molar refractivity (Wildman–Crippen MR) is 56.3 cm³/mol. The Labute approximate surface area is 89.2 Å². The van der Waals surface area contributed by atoms with Crippen LogP contribution in [-0.2, 0) is 6.54 Å². The molecule has 2 atom stereocenters. The first kappa shape index (κ1) is 10.5. The molecule has 1 aromatic heterocycles. The van der Waals surface area contributed by atoms with Gasteiger partial charge in [0.15, 0.2) is 0 Å². The fourth-order valence-corrected chi connectivity index (χ4v) is 1.87. The zero-order valence-electron chi connectivity index (χ0n) is 8.80. The van der Waals surface area contributed by atoms with Crippen molar-refractivity contribution in [3.8, 4) is 0 Å². The monoisotopic (exact) mass is 208 g/mol. The number of nitrogens with zero attached hydrogens (tertiary/aromatic N) is 2. The van der Waals surface area contributed by atoms with Crippen molar-refractivity contribution in [3.05, 3.63) is 29.6 Å². The third-order valence-corrected chi connectivity index (χ3v) is 2.83. The smallest absolute Gasteiger partial charge is 0.0938 e. The summed E-state index contributed by atoms with van der Waals surface area (Å²) in [7, 11) is 0. The van der Waals surface area contributed by atoms with Crippen LogP contribution in [0.15, 0.2) is 18.3 Å². The number of aliphatic hydroxyl groups is 2. The van der Waals surface area contributed by atoms with Crippen LogP contribution in [0.3, 0.4) is 0 Å². The first-order chi connectivity index (χ1) is 7.16. The van der Waals surface area contributed by atoms with Crippen molar-refractivity contribution in [2.24, 2.45) is 0 Å². The molecule has 82 valence electrons. The van der Waals surface area contributed by atoms with Crippen molar-refractivity contribution in [1.82, 2.24) is 9.88 Å². The molecular weight excluding hydrogens is 192 g/mol. The predicted octanol–water partition coefficient (Wildman–Crippen LogP) is -0.0726. The van der Waals surface area contributed by atoms with Crippen LogP contribution in [0.1, 0.15) is 11.3 Å². The van der Waals surface area contributed by atoms with Gasteiger partial charge < -0.3 is 10.2 Å². The van der Waals surface area contributed by atoms with Crippen molar-refractivity contribution >= 4 is 0 Å². The van der Waals surface area contributed by atoms with Gasteiger partial charge in [-0.25, -0.2) is 0 Å². The second-order valence-electron chi connectivity index (χ2n) is 4.10. The summed E-state index contributed by atoms with van der Waals surface area (Å²) >= 11 is 0. The lowest BCUT2D eigenvalue weighted by Crippen LogP contribution is -2.22. The molecule has 1 aliphatic rings. The average molecular weight is 208 g/mol.